The second-order valence-electron chi connectivity index (χ2n) is 13.7. The van der Waals surface area contributed by atoms with Gasteiger partial charge >= 0.3 is 0 Å². The quantitative estimate of drug-likeness (QED) is 0.162. The van der Waals surface area contributed by atoms with Crippen molar-refractivity contribution in [1.82, 2.24) is 5.32 Å². The Morgan fingerprint density at radius 1 is 0.327 bits per heavy atom. The minimum atomic E-state index is 0.0168. The summed E-state index contributed by atoms with van der Waals surface area (Å²) in [5.41, 5.74) is 14.7. The molecule has 0 spiro atoms. The largest absolute Gasteiger partial charge is 0.359 e. The maximum Gasteiger partial charge on any atom is 0.134 e. The average molecular weight is 706 g/mol. The van der Waals surface area contributed by atoms with Gasteiger partial charge in [-0.3, -0.25) is 0 Å². The first-order valence-electron chi connectivity index (χ1n) is 18.7. The van der Waals surface area contributed by atoms with Crippen LogP contribution in [0.5, 0.6) is 0 Å². The van der Waals surface area contributed by atoms with E-state index in [2.05, 4.69) is 229 Å². The van der Waals surface area contributed by atoms with Gasteiger partial charge in [-0.25, -0.2) is 4.99 Å². The number of nitrogens with one attached hydrogen (secondary N) is 1. The van der Waals surface area contributed by atoms with Crippen LogP contribution >= 0.6 is 0 Å². The number of amidine groups is 1. The topological polar surface area (TPSA) is 27.6 Å². The van der Waals surface area contributed by atoms with E-state index < -0.39 is 0 Å². The Bertz CT molecular complexity index is 2460. The third kappa shape index (κ3) is 7.37. The molecule has 1 atom stereocenters. The number of benzene rings is 8. The Labute approximate surface area is 323 Å². The van der Waals surface area contributed by atoms with Crippen LogP contribution in [0.3, 0.4) is 0 Å². The van der Waals surface area contributed by atoms with Crippen LogP contribution < -0.4 is 10.2 Å². The summed E-state index contributed by atoms with van der Waals surface area (Å²) in [6, 6.07) is 77.3. The average Bonchev–Trinajstić information content (AvgIpc) is 3.28. The van der Waals surface area contributed by atoms with Crippen molar-refractivity contribution in [2.24, 2.45) is 4.99 Å². The van der Waals surface area contributed by atoms with Crippen LogP contribution in [0.4, 0.5) is 17.1 Å². The van der Waals surface area contributed by atoms with Gasteiger partial charge in [0.1, 0.15) is 5.84 Å². The number of hydrogen-bond donors (Lipinski definition) is 1. The van der Waals surface area contributed by atoms with E-state index in [1.54, 1.807) is 0 Å². The summed E-state index contributed by atoms with van der Waals surface area (Å²) in [7, 11) is 0. The fraction of sp³-hybridized carbons (Fsp3) is 0.0192. The lowest BCUT2D eigenvalue weighted by molar-refractivity contribution is 0.781. The Hall–Kier alpha value is -7.23. The highest BCUT2D eigenvalue weighted by Crippen LogP contribution is 2.38. The van der Waals surface area contributed by atoms with Crippen molar-refractivity contribution < 1.29 is 0 Å². The fourth-order valence-electron chi connectivity index (χ4n) is 7.23. The van der Waals surface area contributed by atoms with Gasteiger partial charge in [0.05, 0.1) is 11.7 Å². The highest BCUT2D eigenvalue weighted by Gasteiger charge is 2.20. The summed E-state index contributed by atoms with van der Waals surface area (Å²) in [6.07, 6.45) is 2.21. The number of hydrogen-bond acceptors (Lipinski definition) is 3. The molecule has 8 aromatic rings. The Kier molecular flexibility index (Phi) is 9.41. The minimum absolute atomic E-state index is 0.0168. The molecular formula is C52H39N3. The predicted molar refractivity (Wildman–Crippen MR) is 231 cm³/mol. The molecule has 1 aliphatic rings. The zero-order valence-electron chi connectivity index (χ0n) is 30.3. The lowest BCUT2D eigenvalue weighted by Gasteiger charge is -2.26. The minimum Gasteiger partial charge on any atom is -0.359 e. The first kappa shape index (κ1) is 33.6. The van der Waals surface area contributed by atoms with Crippen molar-refractivity contribution in [2.45, 2.75) is 6.04 Å². The lowest BCUT2D eigenvalue weighted by atomic mass is 9.99. The molecule has 1 unspecified atom stereocenters. The van der Waals surface area contributed by atoms with Crippen LogP contribution in [-0.2, 0) is 0 Å². The first-order chi connectivity index (χ1) is 27.2. The van der Waals surface area contributed by atoms with Gasteiger partial charge in [0.2, 0.25) is 0 Å². The van der Waals surface area contributed by atoms with Crippen LogP contribution in [0, 0.1) is 0 Å². The molecule has 9 rings (SSSR count). The number of nitrogens with zero attached hydrogens (tertiary/aromatic N) is 2. The van der Waals surface area contributed by atoms with E-state index in [0.717, 1.165) is 50.8 Å². The van der Waals surface area contributed by atoms with Gasteiger partial charge in [-0.15, -0.1) is 0 Å². The fourth-order valence-corrected chi connectivity index (χ4v) is 7.23. The van der Waals surface area contributed by atoms with Crippen molar-refractivity contribution in [3.63, 3.8) is 0 Å². The number of rotatable bonds is 9. The molecule has 55 heavy (non-hydrogen) atoms. The lowest BCUT2D eigenvalue weighted by Crippen LogP contribution is -2.31. The molecule has 0 aliphatic carbocycles. The predicted octanol–water partition coefficient (Wildman–Crippen LogP) is 13.3. The van der Waals surface area contributed by atoms with Crippen molar-refractivity contribution in [3.05, 3.63) is 241 Å². The molecule has 0 radical (unpaired) electrons. The smallest absolute Gasteiger partial charge is 0.134 e. The second-order valence-corrected chi connectivity index (χ2v) is 13.7. The molecule has 8 aromatic carbocycles. The van der Waals surface area contributed by atoms with Crippen LogP contribution in [-0.4, -0.2) is 5.84 Å². The summed E-state index contributed by atoms with van der Waals surface area (Å²) >= 11 is 0. The molecule has 1 heterocycles. The van der Waals surface area contributed by atoms with Gasteiger partial charge in [0.25, 0.3) is 0 Å². The summed E-state index contributed by atoms with van der Waals surface area (Å²) in [6.45, 7) is 0. The van der Waals surface area contributed by atoms with Gasteiger partial charge in [-0.05, 0) is 87.0 Å². The van der Waals surface area contributed by atoms with Crippen LogP contribution in [0.1, 0.15) is 22.7 Å². The molecule has 0 bridgehead atoms. The zero-order chi connectivity index (χ0) is 36.8. The molecule has 0 amide bonds. The Morgan fingerprint density at radius 2 is 0.655 bits per heavy atom. The molecule has 262 valence electrons. The van der Waals surface area contributed by atoms with Gasteiger partial charge in [-0.1, -0.05) is 182 Å². The normalized spacial score (nSPS) is 13.6. The van der Waals surface area contributed by atoms with Gasteiger partial charge in [0, 0.05) is 22.6 Å². The van der Waals surface area contributed by atoms with E-state index in [4.69, 9.17) is 4.99 Å². The highest BCUT2D eigenvalue weighted by molar-refractivity contribution is 6.03. The number of anilines is 3. The number of aliphatic imine (C=N–C) groups is 1. The van der Waals surface area contributed by atoms with E-state index in [9.17, 15) is 0 Å². The molecule has 0 saturated carbocycles. The monoisotopic (exact) mass is 705 g/mol. The van der Waals surface area contributed by atoms with E-state index in [0.29, 0.717) is 0 Å². The van der Waals surface area contributed by atoms with Crippen LogP contribution in [0.15, 0.2) is 229 Å². The molecule has 0 saturated heterocycles. The molecular weight excluding hydrogens is 667 g/mol. The molecule has 0 fully saturated rings. The van der Waals surface area contributed by atoms with Crippen molar-refractivity contribution >= 4 is 28.6 Å². The van der Waals surface area contributed by atoms with Crippen LogP contribution in [0.2, 0.25) is 0 Å². The van der Waals surface area contributed by atoms with E-state index in [1.165, 1.54) is 27.8 Å². The summed E-state index contributed by atoms with van der Waals surface area (Å²) in [4.78, 5) is 7.42. The van der Waals surface area contributed by atoms with E-state index in [-0.39, 0.29) is 6.04 Å². The van der Waals surface area contributed by atoms with Gasteiger partial charge in [-0.2, -0.15) is 0 Å². The maximum absolute atomic E-state index is 5.10. The van der Waals surface area contributed by atoms with Crippen molar-refractivity contribution in [3.8, 4) is 33.4 Å². The van der Waals surface area contributed by atoms with E-state index in [1.807, 2.05) is 6.07 Å². The standard InChI is InChI=1S/C52H39N3/c1-5-13-38(14-6-1)41-25-31-47(32-26-41)55(48-33-27-42(28-34-48)39-15-7-2-8-16-39)49-35-29-43(30-36-49)40-21-23-46(24-22-40)52-53-50(44-17-9-3-10-18-44)37-51(54-52)45-19-11-4-12-20-45/h1-37,50H,(H,53,54). The third-order valence-electron chi connectivity index (χ3n) is 10.2. The van der Waals surface area contributed by atoms with Gasteiger partial charge < -0.3 is 10.2 Å². The maximum atomic E-state index is 5.10. The summed E-state index contributed by atoms with van der Waals surface area (Å²) in [5, 5.41) is 3.69. The molecule has 1 aliphatic heterocycles. The SMILES string of the molecule is C1=C(c2ccccc2)N=C(c2ccc(-c3ccc(N(c4ccc(-c5ccccc5)cc4)c4ccc(-c5ccccc5)cc4)cc3)cc2)NC1c1ccccc1. The Morgan fingerprint density at radius 3 is 1.07 bits per heavy atom. The van der Waals surface area contributed by atoms with Crippen molar-refractivity contribution in [2.75, 3.05) is 4.90 Å². The molecule has 1 N–H and O–H groups in total. The first-order valence-corrected chi connectivity index (χ1v) is 18.7. The molecule has 0 aromatic heterocycles. The summed E-state index contributed by atoms with van der Waals surface area (Å²) in [5.74, 6) is 0.865. The highest BCUT2D eigenvalue weighted by atomic mass is 15.1. The van der Waals surface area contributed by atoms with Crippen molar-refractivity contribution in [1.29, 1.82) is 0 Å². The van der Waals surface area contributed by atoms with Gasteiger partial charge in [0.15, 0.2) is 0 Å². The third-order valence-corrected chi connectivity index (χ3v) is 10.2. The summed E-state index contributed by atoms with van der Waals surface area (Å²) < 4.78 is 0. The molecule has 3 nitrogen and oxygen atoms in total. The van der Waals surface area contributed by atoms with Crippen LogP contribution in [0.25, 0.3) is 39.1 Å². The van der Waals surface area contributed by atoms with E-state index >= 15 is 0 Å². The zero-order valence-corrected chi connectivity index (χ0v) is 30.3. The molecule has 3 heteroatoms. The second kappa shape index (κ2) is 15.4. The Balaban J connectivity index is 1.01.